The third-order valence-corrected chi connectivity index (χ3v) is 4.46. The van der Waals surface area contributed by atoms with Gasteiger partial charge in [-0.1, -0.05) is 39.0 Å². The van der Waals surface area contributed by atoms with E-state index in [9.17, 15) is 4.79 Å². The molecule has 0 aliphatic rings. The summed E-state index contributed by atoms with van der Waals surface area (Å²) < 4.78 is 5.91. The van der Waals surface area contributed by atoms with E-state index in [-0.39, 0.29) is 5.78 Å². The fourth-order valence-corrected chi connectivity index (χ4v) is 3.17. The van der Waals surface area contributed by atoms with E-state index >= 15 is 0 Å². The van der Waals surface area contributed by atoms with Crippen LogP contribution >= 0.6 is 11.3 Å². The van der Waals surface area contributed by atoms with Crippen molar-refractivity contribution in [2.24, 2.45) is 0 Å². The van der Waals surface area contributed by atoms with Gasteiger partial charge in [0.2, 0.25) is 0 Å². The minimum atomic E-state index is 0.0816. The fraction of sp³-hybridized carbons (Fsp3) is 0.412. The monoisotopic (exact) mass is 303 g/mol. The smallest absolute Gasteiger partial charge is 0.171 e. The first-order valence-corrected chi connectivity index (χ1v) is 8.05. The molecule has 0 N–H and O–H groups in total. The van der Waals surface area contributed by atoms with E-state index in [0.717, 1.165) is 27.7 Å². The first-order chi connectivity index (χ1) is 10.0. The van der Waals surface area contributed by atoms with Crippen LogP contribution < -0.4 is 4.74 Å². The average molecular weight is 303 g/mol. The largest absolute Gasteiger partial charge is 0.486 e. The molecule has 0 spiro atoms. The summed E-state index contributed by atoms with van der Waals surface area (Å²) in [4.78, 5) is 16.9. The highest BCUT2D eigenvalue weighted by atomic mass is 32.1. The Balaban J connectivity index is 2.15. The predicted octanol–water partition coefficient (Wildman–Crippen LogP) is 4.61. The molecule has 3 nitrogen and oxygen atoms in total. The number of nitrogens with zero attached hydrogens (tertiary/aromatic N) is 1. The van der Waals surface area contributed by atoms with Crippen molar-refractivity contribution >= 4 is 17.1 Å². The van der Waals surface area contributed by atoms with Gasteiger partial charge in [-0.05, 0) is 24.0 Å². The van der Waals surface area contributed by atoms with Crippen LogP contribution in [0.1, 0.15) is 59.5 Å². The highest BCUT2D eigenvalue weighted by molar-refractivity contribution is 7.13. The molecule has 0 atom stereocenters. The number of rotatable bonds is 6. The van der Waals surface area contributed by atoms with Gasteiger partial charge in [-0.2, -0.15) is 0 Å². The number of hydrogen-bond acceptors (Lipinski definition) is 4. The highest BCUT2D eigenvalue weighted by Gasteiger charge is 2.14. The Hall–Kier alpha value is -1.68. The Kier molecular flexibility index (Phi) is 5.12. The summed E-state index contributed by atoms with van der Waals surface area (Å²) in [5.74, 6) is 1.39. The molecular formula is C17H21NO2S. The number of ketones is 1. The van der Waals surface area contributed by atoms with E-state index in [4.69, 9.17) is 4.74 Å². The van der Waals surface area contributed by atoms with Crippen LogP contribution in [0.5, 0.6) is 5.75 Å². The normalized spacial score (nSPS) is 10.9. The zero-order valence-electron chi connectivity index (χ0n) is 13.0. The van der Waals surface area contributed by atoms with Gasteiger partial charge in [0.1, 0.15) is 17.4 Å². The standard InChI is InChI=1S/C17H21NO2S/c1-5-14-17(12(4)19)21-16(18-14)10-20-15-9-7-6-8-13(15)11(2)3/h6-9,11H,5,10H2,1-4H3. The molecule has 0 bridgehead atoms. The van der Waals surface area contributed by atoms with Crippen molar-refractivity contribution in [1.29, 1.82) is 0 Å². The van der Waals surface area contributed by atoms with Crippen LogP contribution in [0.2, 0.25) is 0 Å². The predicted molar refractivity (Wildman–Crippen MR) is 86.4 cm³/mol. The number of para-hydroxylation sites is 1. The summed E-state index contributed by atoms with van der Waals surface area (Å²) in [5, 5.41) is 0.857. The van der Waals surface area contributed by atoms with Gasteiger partial charge in [-0.3, -0.25) is 4.79 Å². The van der Waals surface area contributed by atoms with E-state index in [1.165, 1.54) is 16.9 Å². The Labute approximate surface area is 130 Å². The molecule has 21 heavy (non-hydrogen) atoms. The lowest BCUT2D eigenvalue weighted by Crippen LogP contribution is -1.99. The molecule has 0 amide bonds. The lowest BCUT2D eigenvalue weighted by atomic mass is 10.0. The number of Topliss-reactive ketones (excluding diaryl/α,β-unsaturated/α-hetero) is 1. The summed E-state index contributed by atoms with van der Waals surface area (Å²) in [5.41, 5.74) is 2.07. The molecule has 2 aromatic rings. The Morgan fingerprint density at radius 1 is 1.33 bits per heavy atom. The Morgan fingerprint density at radius 2 is 2.05 bits per heavy atom. The van der Waals surface area contributed by atoms with Crippen LogP contribution in [0.25, 0.3) is 0 Å². The average Bonchev–Trinajstić information content (AvgIpc) is 2.89. The lowest BCUT2D eigenvalue weighted by Gasteiger charge is -2.12. The van der Waals surface area contributed by atoms with Crippen molar-refractivity contribution in [2.45, 2.75) is 46.6 Å². The maximum Gasteiger partial charge on any atom is 0.171 e. The topological polar surface area (TPSA) is 39.2 Å². The zero-order chi connectivity index (χ0) is 15.4. The highest BCUT2D eigenvalue weighted by Crippen LogP contribution is 2.27. The van der Waals surface area contributed by atoms with Gasteiger partial charge in [0.15, 0.2) is 5.78 Å². The van der Waals surface area contributed by atoms with Crippen LogP contribution in [0.4, 0.5) is 0 Å². The second-order valence-corrected chi connectivity index (χ2v) is 6.36. The molecule has 0 aliphatic carbocycles. The quantitative estimate of drug-likeness (QED) is 0.731. The first kappa shape index (κ1) is 15.7. The Morgan fingerprint density at radius 3 is 2.62 bits per heavy atom. The number of carbonyl (C=O) groups excluding carboxylic acids is 1. The van der Waals surface area contributed by atoms with Crippen LogP contribution in [-0.2, 0) is 13.0 Å². The van der Waals surface area contributed by atoms with Crippen LogP contribution in [0.15, 0.2) is 24.3 Å². The SMILES string of the molecule is CCc1nc(COc2ccccc2C(C)C)sc1C(C)=O. The number of aryl methyl sites for hydroxylation is 1. The molecule has 1 heterocycles. The van der Waals surface area contributed by atoms with E-state index in [1.807, 2.05) is 25.1 Å². The maximum atomic E-state index is 11.6. The number of benzene rings is 1. The molecule has 2 rings (SSSR count). The number of aromatic nitrogens is 1. The molecule has 0 saturated carbocycles. The summed E-state index contributed by atoms with van der Waals surface area (Å²) in [7, 11) is 0. The van der Waals surface area contributed by atoms with Gasteiger partial charge >= 0.3 is 0 Å². The van der Waals surface area contributed by atoms with Crippen molar-refractivity contribution in [3.05, 3.63) is 45.4 Å². The first-order valence-electron chi connectivity index (χ1n) is 7.24. The van der Waals surface area contributed by atoms with Crippen molar-refractivity contribution in [2.75, 3.05) is 0 Å². The molecular weight excluding hydrogens is 282 g/mol. The summed E-state index contributed by atoms with van der Waals surface area (Å²) in [6.07, 6.45) is 0.772. The number of carbonyl (C=O) groups is 1. The fourth-order valence-electron chi connectivity index (χ4n) is 2.21. The third-order valence-electron chi connectivity index (χ3n) is 3.29. The molecule has 0 unspecified atom stereocenters. The van der Waals surface area contributed by atoms with Gasteiger partial charge in [0.25, 0.3) is 0 Å². The molecule has 0 aliphatic heterocycles. The van der Waals surface area contributed by atoms with Crippen LogP contribution in [0.3, 0.4) is 0 Å². The van der Waals surface area contributed by atoms with Crippen molar-refractivity contribution in [3.8, 4) is 5.75 Å². The van der Waals surface area contributed by atoms with Crippen molar-refractivity contribution < 1.29 is 9.53 Å². The van der Waals surface area contributed by atoms with Gasteiger partial charge in [-0.25, -0.2) is 4.98 Å². The third kappa shape index (κ3) is 3.70. The van der Waals surface area contributed by atoms with Crippen LogP contribution in [0, 0.1) is 0 Å². The van der Waals surface area contributed by atoms with Gasteiger partial charge < -0.3 is 4.74 Å². The number of ether oxygens (including phenoxy) is 1. The van der Waals surface area contributed by atoms with Gasteiger partial charge in [0, 0.05) is 6.92 Å². The number of thiazole rings is 1. The minimum absolute atomic E-state index is 0.0816. The number of hydrogen-bond donors (Lipinski definition) is 0. The molecule has 1 aromatic heterocycles. The summed E-state index contributed by atoms with van der Waals surface area (Å²) in [6.45, 7) is 8.31. The van der Waals surface area contributed by atoms with Gasteiger partial charge in [-0.15, -0.1) is 11.3 Å². The second-order valence-electron chi connectivity index (χ2n) is 5.27. The molecule has 0 fully saturated rings. The maximum absolute atomic E-state index is 11.6. The van der Waals surface area contributed by atoms with E-state index in [2.05, 4.69) is 24.9 Å². The molecule has 1 aromatic carbocycles. The second kappa shape index (κ2) is 6.85. The van der Waals surface area contributed by atoms with Crippen molar-refractivity contribution in [3.63, 3.8) is 0 Å². The Bertz CT molecular complexity index is 631. The minimum Gasteiger partial charge on any atom is -0.486 e. The van der Waals surface area contributed by atoms with E-state index < -0.39 is 0 Å². The van der Waals surface area contributed by atoms with E-state index in [0.29, 0.717) is 12.5 Å². The summed E-state index contributed by atoms with van der Waals surface area (Å²) >= 11 is 1.44. The van der Waals surface area contributed by atoms with Crippen molar-refractivity contribution in [1.82, 2.24) is 4.98 Å². The summed E-state index contributed by atoms with van der Waals surface area (Å²) in [6, 6.07) is 8.06. The van der Waals surface area contributed by atoms with E-state index in [1.54, 1.807) is 6.92 Å². The molecule has 112 valence electrons. The molecule has 0 radical (unpaired) electrons. The van der Waals surface area contributed by atoms with Crippen LogP contribution in [-0.4, -0.2) is 10.8 Å². The molecule has 4 heteroatoms. The van der Waals surface area contributed by atoms with Gasteiger partial charge in [0.05, 0.1) is 10.6 Å². The zero-order valence-corrected chi connectivity index (χ0v) is 13.8. The molecule has 0 saturated heterocycles. The lowest BCUT2D eigenvalue weighted by molar-refractivity contribution is 0.102.